The first kappa shape index (κ1) is 16.1. The molecule has 1 amide bonds. The van der Waals surface area contributed by atoms with Gasteiger partial charge < -0.3 is 19.8 Å². The number of rotatable bonds is 6. The lowest BCUT2D eigenvalue weighted by Crippen LogP contribution is -2.29. The molecule has 5 heteroatoms. The van der Waals surface area contributed by atoms with Crippen molar-refractivity contribution in [1.82, 2.24) is 10.3 Å². The number of H-pyrrole nitrogens is 1. The topological polar surface area (TPSA) is 63.3 Å². The Morgan fingerprint density at radius 1 is 1.12 bits per heavy atom. The largest absolute Gasteiger partial charge is 0.497 e. The van der Waals surface area contributed by atoms with Gasteiger partial charge in [0.25, 0.3) is 5.91 Å². The zero-order valence-electron chi connectivity index (χ0n) is 13.7. The summed E-state index contributed by atoms with van der Waals surface area (Å²) in [4.78, 5) is 15.5. The fourth-order valence-corrected chi connectivity index (χ4v) is 2.66. The second-order valence-electron chi connectivity index (χ2n) is 5.48. The van der Waals surface area contributed by atoms with Gasteiger partial charge in [0.2, 0.25) is 0 Å². The van der Waals surface area contributed by atoms with Crippen molar-refractivity contribution in [2.24, 2.45) is 0 Å². The molecule has 2 N–H and O–H groups in total. The van der Waals surface area contributed by atoms with Gasteiger partial charge in [0.1, 0.15) is 11.4 Å². The number of aromatic nitrogens is 1. The molecule has 0 saturated carbocycles. The Balaban J connectivity index is 1.69. The molecule has 0 fully saturated rings. The highest BCUT2D eigenvalue weighted by atomic mass is 16.5. The minimum atomic E-state index is -0.242. The molecular weight excluding hydrogens is 304 g/mol. The molecule has 2 aromatic carbocycles. The van der Waals surface area contributed by atoms with Gasteiger partial charge >= 0.3 is 0 Å². The van der Waals surface area contributed by atoms with Crippen LogP contribution >= 0.6 is 0 Å². The number of carbonyl (C=O) groups excluding carboxylic acids is 1. The number of hydrogen-bond donors (Lipinski definition) is 2. The first-order valence-corrected chi connectivity index (χ1v) is 7.74. The molecule has 0 aliphatic carbocycles. The number of hydrogen-bond acceptors (Lipinski definition) is 3. The summed E-state index contributed by atoms with van der Waals surface area (Å²) in [6.45, 7) is 0.373. The van der Waals surface area contributed by atoms with Crippen LogP contribution < -0.4 is 10.1 Å². The number of carbonyl (C=O) groups is 1. The average molecular weight is 324 g/mol. The first-order valence-electron chi connectivity index (χ1n) is 7.74. The Hall–Kier alpha value is -2.79. The van der Waals surface area contributed by atoms with Gasteiger partial charge in [-0.15, -0.1) is 0 Å². The van der Waals surface area contributed by atoms with Gasteiger partial charge in [0.15, 0.2) is 0 Å². The van der Waals surface area contributed by atoms with Crippen molar-refractivity contribution in [2.75, 3.05) is 20.8 Å². The Bertz CT molecular complexity index is 808. The van der Waals surface area contributed by atoms with E-state index in [-0.39, 0.29) is 12.0 Å². The summed E-state index contributed by atoms with van der Waals surface area (Å²) < 4.78 is 10.7. The van der Waals surface area contributed by atoms with E-state index in [9.17, 15) is 4.79 Å². The normalized spacial score (nSPS) is 12.1. The van der Waals surface area contributed by atoms with Crippen molar-refractivity contribution in [3.05, 3.63) is 65.9 Å². The zero-order valence-corrected chi connectivity index (χ0v) is 13.7. The molecule has 0 unspecified atom stereocenters. The van der Waals surface area contributed by atoms with E-state index in [1.54, 1.807) is 14.2 Å². The molecule has 0 bridgehead atoms. The Kier molecular flexibility index (Phi) is 4.82. The second kappa shape index (κ2) is 7.19. The van der Waals surface area contributed by atoms with Crippen LogP contribution in [0.3, 0.4) is 0 Å². The van der Waals surface area contributed by atoms with Crippen LogP contribution in [0.1, 0.15) is 22.2 Å². The molecule has 0 radical (unpaired) electrons. The van der Waals surface area contributed by atoms with E-state index >= 15 is 0 Å². The van der Waals surface area contributed by atoms with Crippen molar-refractivity contribution in [3.8, 4) is 5.75 Å². The van der Waals surface area contributed by atoms with Gasteiger partial charge in [-0.2, -0.15) is 0 Å². The number of nitrogens with one attached hydrogen (secondary N) is 2. The third-order valence-corrected chi connectivity index (χ3v) is 3.97. The van der Waals surface area contributed by atoms with E-state index in [1.165, 1.54) is 0 Å². The molecule has 1 heterocycles. The van der Waals surface area contributed by atoms with E-state index in [1.807, 2.05) is 54.6 Å². The third kappa shape index (κ3) is 3.41. The monoisotopic (exact) mass is 324 g/mol. The summed E-state index contributed by atoms with van der Waals surface area (Å²) in [7, 11) is 3.25. The summed E-state index contributed by atoms with van der Waals surface area (Å²) in [5.74, 6) is 0.604. The summed E-state index contributed by atoms with van der Waals surface area (Å²) in [6.07, 6.45) is -0.242. The quantitative estimate of drug-likeness (QED) is 0.731. The van der Waals surface area contributed by atoms with Crippen molar-refractivity contribution < 1.29 is 14.3 Å². The number of aromatic amines is 1. The highest BCUT2D eigenvalue weighted by Crippen LogP contribution is 2.21. The third-order valence-electron chi connectivity index (χ3n) is 3.97. The van der Waals surface area contributed by atoms with Crippen LogP contribution in [0.15, 0.2) is 54.6 Å². The molecule has 1 aromatic heterocycles. The van der Waals surface area contributed by atoms with E-state index < -0.39 is 0 Å². The van der Waals surface area contributed by atoms with E-state index in [4.69, 9.17) is 9.47 Å². The van der Waals surface area contributed by atoms with Crippen LogP contribution in [-0.2, 0) is 4.74 Å². The van der Waals surface area contributed by atoms with Crippen molar-refractivity contribution in [3.63, 3.8) is 0 Å². The van der Waals surface area contributed by atoms with Crippen LogP contribution in [-0.4, -0.2) is 31.7 Å². The van der Waals surface area contributed by atoms with Crippen LogP contribution in [0.5, 0.6) is 5.75 Å². The zero-order chi connectivity index (χ0) is 16.9. The summed E-state index contributed by atoms with van der Waals surface area (Å²) >= 11 is 0. The van der Waals surface area contributed by atoms with Crippen LogP contribution in [0.25, 0.3) is 10.9 Å². The maximum atomic E-state index is 12.4. The lowest BCUT2D eigenvalue weighted by atomic mass is 10.1. The molecule has 124 valence electrons. The number of fused-ring (bicyclic) bond motifs is 1. The van der Waals surface area contributed by atoms with Gasteiger partial charge in [0, 0.05) is 24.6 Å². The van der Waals surface area contributed by atoms with Gasteiger partial charge in [-0.05, 0) is 29.8 Å². The molecule has 24 heavy (non-hydrogen) atoms. The van der Waals surface area contributed by atoms with Crippen LogP contribution in [0.2, 0.25) is 0 Å². The summed E-state index contributed by atoms with van der Waals surface area (Å²) in [5, 5.41) is 3.92. The molecule has 0 aliphatic heterocycles. The van der Waals surface area contributed by atoms with Crippen molar-refractivity contribution in [2.45, 2.75) is 6.10 Å². The molecule has 0 saturated heterocycles. The second-order valence-corrected chi connectivity index (χ2v) is 5.48. The molecule has 3 rings (SSSR count). The van der Waals surface area contributed by atoms with Crippen LogP contribution in [0.4, 0.5) is 0 Å². The highest BCUT2D eigenvalue weighted by Gasteiger charge is 2.15. The SMILES string of the molecule is COc1cccc([C@H](CNC(=O)c2cc3ccccc3[nH]2)OC)c1. The summed E-state index contributed by atoms with van der Waals surface area (Å²) in [5.41, 5.74) is 2.43. The Morgan fingerprint density at radius 3 is 2.71 bits per heavy atom. The number of benzene rings is 2. The Labute approximate surface area is 140 Å². The molecular formula is C19H20N2O3. The standard InChI is InChI=1S/C19H20N2O3/c1-23-15-8-5-7-14(10-15)18(24-2)12-20-19(22)17-11-13-6-3-4-9-16(13)21-17/h3-11,18,21H,12H2,1-2H3,(H,20,22)/t18-/m0/s1. The minimum absolute atomic E-state index is 0.156. The molecule has 5 nitrogen and oxygen atoms in total. The first-order chi connectivity index (χ1) is 11.7. The lowest BCUT2D eigenvalue weighted by Gasteiger charge is -2.17. The number of ether oxygens (including phenoxy) is 2. The predicted octanol–water partition coefficient (Wildman–Crippen LogP) is 3.29. The van der Waals surface area contributed by atoms with Gasteiger partial charge in [-0.25, -0.2) is 0 Å². The van der Waals surface area contributed by atoms with Crippen molar-refractivity contribution >= 4 is 16.8 Å². The van der Waals surface area contributed by atoms with Crippen molar-refractivity contribution in [1.29, 1.82) is 0 Å². The smallest absolute Gasteiger partial charge is 0.267 e. The molecule has 0 aliphatic rings. The van der Waals surface area contributed by atoms with Gasteiger partial charge in [-0.3, -0.25) is 4.79 Å². The van der Waals surface area contributed by atoms with E-state index in [0.717, 1.165) is 22.2 Å². The van der Waals surface area contributed by atoms with Gasteiger partial charge in [0.05, 0.1) is 13.2 Å². The average Bonchev–Trinajstić information content (AvgIpc) is 3.06. The van der Waals surface area contributed by atoms with Crippen LogP contribution in [0, 0.1) is 0 Å². The van der Waals surface area contributed by atoms with Gasteiger partial charge in [-0.1, -0.05) is 30.3 Å². The molecule has 1 atom stereocenters. The number of methoxy groups -OCH3 is 2. The number of para-hydroxylation sites is 1. The molecule has 3 aromatic rings. The number of amides is 1. The Morgan fingerprint density at radius 2 is 1.96 bits per heavy atom. The molecule has 0 spiro atoms. The lowest BCUT2D eigenvalue weighted by molar-refractivity contribution is 0.0824. The highest BCUT2D eigenvalue weighted by molar-refractivity contribution is 5.97. The maximum absolute atomic E-state index is 12.4. The predicted molar refractivity (Wildman–Crippen MR) is 93.4 cm³/mol. The van der Waals surface area contributed by atoms with E-state index in [0.29, 0.717) is 12.2 Å². The summed E-state index contributed by atoms with van der Waals surface area (Å²) in [6, 6.07) is 17.3. The fraction of sp³-hybridized carbons (Fsp3) is 0.211. The van der Waals surface area contributed by atoms with E-state index in [2.05, 4.69) is 10.3 Å². The minimum Gasteiger partial charge on any atom is -0.497 e. The fourth-order valence-electron chi connectivity index (χ4n) is 2.66. The maximum Gasteiger partial charge on any atom is 0.267 e.